The molecule has 0 aliphatic rings. The zero-order valence-corrected chi connectivity index (χ0v) is 7.53. The maximum Gasteiger partial charge on any atom is 0.142 e. The number of allylic oxidation sites excluding steroid dienone is 1. The minimum Gasteiger partial charge on any atom is -0.508 e. The van der Waals surface area contributed by atoms with E-state index in [2.05, 4.69) is 6.58 Å². The highest BCUT2D eigenvalue weighted by molar-refractivity contribution is 6.30. The Morgan fingerprint density at radius 1 is 1.23 bits per heavy atom. The van der Waals surface area contributed by atoms with Crippen LogP contribution in [0.1, 0.15) is 0 Å². The Morgan fingerprint density at radius 3 is 1.85 bits per heavy atom. The van der Waals surface area contributed by atoms with E-state index in [9.17, 15) is 0 Å². The topological polar surface area (TPSA) is 57.5 Å². The number of rotatable bonds is 1. The summed E-state index contributed by atoms with van der Waals surface area (Å²) in [5.41, 5.74) is 0. The molecule has 0 saturated carbocycles. The van der Waals surface area contributed by atoms with Crippen molar-refractivity contribution in [1.82, 2.24) is 0 Å². The Morgan fingerprint density at radius 2 is 1.62 bits per heavy atom. The fourth-order valence-electron chi connectivity index (χ4n) is 0.559. The normalized spacial score (nSPS) is 8.08. The van der Waals surface area contributed by atoms with E-state index in [1.165, 1.54) is 24.3 Å². The summed E-state index contributed by atoms with van der Waals surface area (Å²) in [6.45, 7) is 3.11. The lowest BCUT2D eigenvalue weighted by Crippen LogP contribution is -1.65. The van der Waals surface area contributed by atoms with Crippen LogP contribution < -0.4 is 0 Å². The smallest absolute Gasteiger partial charge is 0.142 e. The third-order valence-electron chi connectivity index (χ3n) is 0.964. The maximum atomic E-state index is 9.06. The van der Waals surface area contributed by atoms with Crippen LogP contribution >= 0.6 is 11.6 Å². The van der Waals surface area contributed by atoms with Gasteiger partial charge >= 0.3 is 0 Å². The van der Waals surface area contributed by atoms with Crippen LogP contribution in [0.5, 0.6) is 11.5 Å². The van der Waals surface area contributed by atoms with Crippen LogP contribution in [-0.4, -0.2) is 16.5 Å². The summed E-state index contributed by atoms with van der Waals surface area (Å²) in [6, 6.07) is 3.91. The van der Waals surface area contributed by atoms with Gasteiger partial charge in [-0.25, -0.2) is 0 Å². The van der Waals surface area contributed by atoms with Gasteiger partial charge in [0.15, 0.2) is 0 Å². The van der Waals surface area contributed by atoms with Gasteiger partial charge in [0.25, 0.3) is 0 Å². The highest BCUT2D eigenvalue weighted by Crippen LogP contribution is 2.23. The van der Waals surface area contributed by atoms with Gasteiger partial charge in [-0.05, 0) is 18.2 Å². The van der Waals surface area contributed by atoms with Crippen LogP contribution in [0.2, 0.25) is 5.02 Å². The van der Waals surface area contributed by atoms with Gasteiger partial charge in [-0.2, -0.15) is 0 Å². The number of carbonyl (C=O) groups excluding carboxylic acids is 1. The van der Waals surface area contributed by atoms with Crippen molar-refractivity contribution in [2.45, 2.75) is 0 Å². The van der Waals surface area contributed by atoms with E-state index in [4.69, 9.17) is 26.6 Å². The molecule has 0 unspecified atom stereocenters. The van der Waals surface area contributed by atoms with Gasteiger partial charge in [0.1, 0.15) is 17.8 Å². The second-order valence-electron chi connectivity index (χ2n) is 2.04. The monoisotopic (exact) mass is 200 g/mol. The summed E-state index contributed by atoms with van der Waals surface area (Å²) in [6.07, 6.45) is 1.83. The molecule has 1 rings (SSSR count). The number of carbonyl (C=O) groups is 1. The number of aldehydes is 1. The first-order valence-electron chi connectivity index (χ1n) is 3.35. The average Bonchev–Trinajstić information content (AvgIpc) is 2.02. The van der Waals surface area contributed by atoms with E-state index >= 15 is 0 Å². The lowest BCUT2D eigenvalue weighted by Gasteiger charge is -1.93. The molecule has 13 heavy (non-hydrogen) atoms. The first-order chi connectivity index (χ1) is 6.10. The summed E-state index contributed by atoms with van der Waals surface area (Å²) in [4.78, 5) is 9.06. The van der Waals surface area contributed by atoms with Gasteiger partial charge < -0.3 is 10.2 Å². The summed E-state index contributed by atoms with van der Waals surface area (Å²) < 4.78 is 0. The van der Waals surface area contributed by atoms with Crippen molar-refractivity contribution in [2.24, 2.45) is 0 Å². The Bertz CT molecular complexity index is 240. The second-order valence-corrected chi connectivity index (χ2v) is 2.48. The van der Waals surface area contributed by atoms with Crippen molar-refractivity contribution in [3.63, 3.8) is 0 Å². The van der Waals surface area contributed by atoms with Crippen molar-refractivity contribution < 1.29 is 15.0 Å². The Hall–Kier alpha value is -1.48. The minimum atomic E-state index is -0.0278. The molecular weight excluding hydrogens is 192 g/mol. The molecule has 0 aromatic heterocycles. The fraction of sp³-hybridized carbons (Fsp3) is 0. The zero-order valence-electron chi connectivity index (χ0n) is 6.77. The molecule has 2 N–H and O–H groups in total. The van der Waals surface area contributed by atoms with Gasteiger partial charge in [0.2, 0.25) is 0 Å². The summed E-state index contributed by atoms with van der Waals surface area (Å²) in [5, 5.41) is 17.8. The molecule has 0 spiro atoms. The van der Waals surface area contributed by atoms with E-state index in [0.29, 0.717) is 11.3 Å². The molecule has 1 aromatic rings. The zero-order chi connectivity index (χ0) is 10.3. The molecule has 0 atom stereocenters. The minimum absolute atomic E-state index is 0.0278. The molecule has 0 heterocycles. The Labute approximate surface area is 80.9 Å². The third kappa shape index (κ3) is 5.75. The molecule has 3 nitrogen and oxygen atoms in total. The van der Waals surface area contributed by atoms with Crippen LogP contribution in [0.15, 0.2) is 30.9 Å². The van der Waals surface area contributed by atoms with E-state index in [1.807, 2.05) is 0 Å². The SMILES string of the molecule is C=CC=O.Oc1cc(O)cc(Cl)c1. The number of hydrogen-bond acceptors (Lipinski definition) is 3. The first-order valence-corrected chi connectivity index (χ1v) is 3.72. The number of halogens is 1. The van der Waals surface area contributed by atoms with E-state index in [0.717, 1.165) is 0 Å². The van der Waals surface area contributed by atoms with Crippen LogP contribution in [0.4, 0.5) is 0 Å². The molecule has 0 aliphatic carbocycles. The molecule has 0 aliphatic heterocycles. The average molecular weight is 201 g/mol. The number of aromatic hydroxyl groups is 2. The highest BCUT2D eigenvalue weighted by Gasteiger charge is 1.93. The number of phenolic OH excluding ortho intramolecular Hbond substituents is 2. The van der Waals surface area contributed by atoms with Gasteiger partial charge in [0.05, 0.1) is 0 Å². The molecule has 0 fully saturated rings. The summed E-state index contributed by atoms with van der Waals surface area (Å²) in [5.74, 6) is -0.0556. The summed E-state index contributed by atoms with van der Waals surface area (Å²) in [7, 11) is 0. The number of benzene rings is 1. The lowest BCUT2D eigenvalue weighted by atomic mass is 10.3. The van der Waals surface area contributed by atoms with E-state index in [1.54, 1.807) is 0 Å². The molecule has 0 radical (unpaired) electrons. The van der Waals surface area contributed by atoms with Gasteiger partial charge in [-0.15, -0.1) is 0 Å². The quantitative estimate of drug-likeness (QED) is 0.539. The van der Waals surface area contributed by atoms with Crippen LogP contribution in [0.25, 0.3) is 0 Å². The van der Waals surface area contributed by atoms with E-state index < -0.39 is 0 Å². The molecule has 0 bridgehead atoms. The lowest BCUT2D eigenvalue weighted by molar-refractivity contribution is -0.104. The molecular formula is C9H9ClO3. The number of phenols is 2. The standard InChI is InChI=1S/C6H5ClO2.C3H4O/c7-4-1-5(8)3-6(9)2-4;1-2-3-4/h1-3,8-9H;2-3H,1H2. The van der Waals surface area contributed by atoms with Crippen molar-refractivity contribution in [1.29, 1.82) is 0 Å². The predicted molar refractivity (Wildman–Crippen MR) is 51.0 cm³/mol. The second kappa shape index (κ2) is 6.08. The third-order valence-corrected chi connectivity index (χ3v) is 1.18. The van der Waals surface area contributed by atoms with Gasteiger partial charge in [-0.3, -0.25) is 4.79 Å². The molecule has 0 saturated heterocycles. The number of hydrogen-bond donors (Lipinski definition) is 2. The van der Waals surface area contributed by atoms with E-state index in [-0.39, 0.29) is 11.5 Å². The van der Waals surface area contributed by atoms with Gasteiger partial charge in [0, 0.05) is 11.1 Å². The van der Waals surface area contributed by atoms with Crippen molar-refractivity contribution in [3.05, 3.63) is 35.9 Å². The summed E-state index contributed by atoms with van der Waals surface area (Å²) >= 11 is 5.43. The van der Waals surface area contributed by atoms with Crippen LogP contribution in [0.3, 0.4) is 0 Å². The predicted octanol–water partition coefficient (Wildman–Crippen LogP) is 2.12. The Kier molecular flexibility index (Phi) is 5.39. The largest absolute Gasteiger partial charge is 0.508 e. The van der Waals surface area contributed by atoms with Crippen LogP contribution in [-0.2, 0) is 4.79 Å². The molecule has 70 valence electrons. The van der Waals surface area contributed by atoms with Crippen LogP contribution in [0, 0.1) is 0 Å². The molecule has 4 heteroatoms. The van der Waals surface area contributed by atoms with Crippen molar-refractivity contribution >= 4 is 17.9 Å². The molecule has 1 aromatic carbocycles. The molecule has 0 amide bonds. The highest BCUT2D eigenvalue weighted by atomic mass is 35.5. The first kappa shape index (κ1) is 11.5. The van der Waals surface area contributed by atoms with Gasteiger partial charge in [-0.1, -0.05) is 18.2 Å². The van der Waals surface area contributed by atoms with Crippen molar-refractivity contribution in [3.8, 4) is 11.5 Å². The Balaban J connectivity index is 0.000000310. The maximum absolute atomic E-state index is 9.06. The van der Waals surface area contributed by atoms with Crippen molar-refractivity contribution in [2.75, 3.05) is 0 Å². The fourth-order valence-corrected chi connectivity index (χ4v) is 0.783.